The van der Waals surface area contributed by atoms with Crippen molar-refractivity contribution in [3.63, 3.8) is 0 Å². The Morgan fingerprint density at radius 3 is 2.17 bits per heavy atom. The summed E-state index contributed by atoms with van der Waals surface area (Å²) >= 11 is 0. The highest BCUT2D eigenvalue weighted by atomic mass is 16.6. The van der Waals surface area contributed by atoms with E-state index in [2.05, 4.69) is 0 Å². The molecule has 0 aliphatic carbocycles. The van der Waals surface area contributed by atoms with Crippen molar-refractivity contribution in [2.75, 3.05) is 0 Å². The van der Waals surface area contributed by atoms with E-state index in [-0.39, 0.29) is 12.8 Å². The van der Waals surface area contributed by atoms with Gasteiger partial charge in [-0.1, -0.05) is 44.2 Å². The molecular formula is C16H20N3O4-. The van der Waals surface area contributed by atoms with Crippen LogP contribution in [0.3, 0.4) is 0 Å². The molecule has 1 aliphatic heterocycles. The number of hydroxylamine groups is 1. The predicted molar refractivity (Wildman–Crippen MR) is 82.9 cm³/mol. The fourth-order valence-corrected chi connectivity index (χ4v) is 2.49. The van der Waals surface area contributed by atoms with Gasteiger partial charge in [-0.2, -0.15) is 10.1 Å². The van der Waals surface area contributed by atoms with Gasteiger partial charge in [0, 0.05) is 12.8 Å². The third-order valence-corrected chi connectivity index (χ3v) is 3.54. The number of hydrogen-bond donors (Lipinski definition) is 0. The summed E-state index contributed by atoms with van der Waals surface area (Å²) in [6.45, 7) is 3.58. The van der Waals surface area contributed by atoms with Gasteiger partial charge in [-0.3, -0.25) is 19.6 Å². The van der Waals surface area contributed by atoms with Crippen LogP contribution >= 0.6 is 0 Å². The van der Waals surface area contributed by atoms with Gasteiger partial charge in [0.15, 0.2) is 0 Å². The SMILES string of the molecule is CCCC(=O)N1C(=O)C(c2ccccc2)N([O-])N1C(=O)CCC. The molecule has 0 saturated carbocycles. The maximum Gasteiger partial charge on any atom is 0.272 e. The second kappa shape index (κ2) is 7.34. The van der Waals surface area contributed by atoms with Gasteiger partial charge in [0.05, 0.1) is 0 Å². The van der Waals surface area contributed by atoms with Crippen LogP contribution in [-0.2, 0) is 14.4 Å². The largest absolute Gasteiger partial charge is 0.765 e. The highest BCUT2D eigenvalue weighted by Crippen LogP contribution is 2.33. The van der Waals surface area contributed by atoms with E-state index >= 15 is 0 Å². The lowest BCUT2D eigenvalue weighted by molar-refractivity contribution is -0.181. The molecule has 7 nitrogen and oxygen atoms in total. The van der Waals surface area contributed by atoms with Crippen molar-refractivity contribution in [2.45, 2.75) is 45.6 Å². The molecule has 0 aromatic heterocycles. The average Bonchev–Trinajstić information content (AvgIpc) is 2.79. The van der Waals surface area contributed by atoms with Crippen LogP contribution < -0.4 is 0 Å². The molecule has 0 radical (unpaired) electrons. The number of hydrogen-bond acceptors (Lipinski definition) is 5. The summed E-state index contributed by atoms with van der Waals surface area (Å²) < 4.78 is 0. The van der Waals surface area contributed by atoms with E-state index in [4.69, 9.17) is 0 Å². The van der Waals surface area contributed by atoms with E-state index in [1.165, 1.54) is 0 Å². The lowest BCUT2D eigenvalue weighted by atomic mass is 10.1. The molecule has 0 spiro atoms. The fourth-order valence-electron chi connectivity index (χ4n) is 2.49. The van der Waals surface area contributed by atoms with Gasteiger partial charge >= 0.3 is 0 Å². The molecule has 1 aromatic rings. The number of hydrazine groups is 2. The normalized spacial score (nSPS) is 18.6. The summed E-state index contributed by atoms with van der Waals surface area (Å²) in [5, 5.41) is 14.2. The molecule has 0 N–H and O–H groups in total. The number of imide groups is 1. The Labute approximate surface area is 135 Å². The van der Waals surface area contributed by atoms with Crippen LogP contribution in [0.15, 0.2) is 30.3 Å². The Kier molecular flexibility index (Phi) is 5.46. The second-order valence-corrected chi connectivity index (χ2v) is 5.34. The summed E-state index contributed by atoms with van der Waals surface area (Å²) in [5.41, 5.74) is 0.452. The van der Waals surface area contributed by atoms with Crippen LogP contribution in [0.5, 0.6) is 0 Å². The number of nitrogens with zero attached hydrogens (tertiary/aromatic N) is 3. The van der Waals surface area contributed by atoms with Crippen LogP contribution in [0, 0.1) is 5.21 Å². The molecule has 1 fully saturated rings. The molecule has 1 unspecified atom stereocenters. The molecule has 124 valence electrons. The van der Waals surface area contributed by atoms with E-state index in [0.717, 1.165) is 0 Å². The molecular weight excluding hydrogens is 298 g/mol. The molecule has 1 atom stereocenters. The van der Waals surface area contributed by atoms with E-state index in [9.17, 15) is 19.6 Å². The number of carbonyl (C=O) groups is 3. The topological polar surface area (TPSA) is 84.0 Å². The summed E-state index contributed by atoms with van der Waals surface area (Å²) in [4.78, 5) is 37.1. The van der Waals surface area contributed by atoms with Gasteiger partial charge in [-0.25, -0.2) is 0 Å². The lowest BCUT2D eigenvalue weighted by Crippen LogP contribution is -2.50. The predicted octanol–water partition coefficient (Wildman–Crippen LogP) is 2.16. The Morgan fingerprint density at radius 1 is 1.04 bits per heavy atom. The van der Waals surface area contributed by atoms with Gasteiger partial charge in [-0.05, 0) is 18.4 Å². The first kappa shape index (κ1) is 17.1. The minimum atomic E-state index is -1.21. The van der Waals surface area contributed by atoms with Gasteiger partial charge in [-0.15, -0.1) is 0 Å². The maximum atomic E-state index is 12.6. The quantitative estimate of drug-likeness (QED) is 0.830. The molecule has 1 aliphatic rings. The second-order valence-electron chi connectivity index (χ2n) is 5.34. The molecule has 23 heavy (non-hydrogen) atoms. The third-order valence-electron chi connectivity index (χ3n) is 3.54. The monoisotopic (exact) mass is 318 g/mol. The summed E-state index contributed by atoms with van der Waals surface area (Å²) in [6.07, 6.45) is 1.22. The molecule has 1 aromatic carbocycles. The van der Waals surface area contributed by atoms with E-state index in [0.29, 0.717) is 33.7 Å². The van der Waals surface area contributed by atoms with Crippen molar-refractivity contribution in [1.82, 2.24) is 15.3 Å². The van der Waals surface area contributed by atoms with Gasteiger partial charge in [0.25, 0.3) is 11.8 Å². The minimum absolute atomic E-state index is 0.0867. The summed E-state index contributed by atoms with van der Waals surface area (Å²) in [5.74, 6) is -1.78. The van der Waals surface area contributed by atoms with Crippen molar-refractivity contribution in [3.05, 3.63) is 41.1 Å². The van der Waals surface area contributed by atoms with E-state index in [1.807, 2.05) is 0 Å². The lowest BCUT2D eigenvalue weighted by Gasteiger charge is -2.37. The van der Waals surface area contributed by atoms with Crippen molar-refractivity contribution in [3.8, 4) is 0 Å². The summed E-state index contributed by atoms with van der Waals surface area (Å²) in [6, 6.07) is 7.21. The number of rotatable bonds is 5. The average molecular weight is 318 g/mol. The maximum absolute atomic E-state index is 12.6. The highest BCUT2D eigenvalue weighted by molar-refractivity contribution is 6.01. The van der Waals surface area contributed by atoms with Crippen LogP contribution in [0.1, 0.15) is 51.1 Å². The Balaban J connectivity index is 2.40. The molecule has 0 bridgehead atoms. The highest BCUT2D eigenvalue weighted by Gasteiger charge is 2.46. The van der Waals surface area contributed by atoms with Crippen LogP contribution in [0.2, 0.25) is 0 Å². The van der Waals surface area contributed by atoms with Gasteiger partial charge in [0.2, 0.25) is 5.91 Å². The Bertz CT molecular complexity index is 590. The first-order valence-electron chi connectivity index (χ1n) is 7.73. The van der Waals surface area contributed by atoms with Crippen molar-refractivity contribution < 1.29 is 14.4 Å². The molecule has 2 rings (SSSR count). The number of amides is 3. The first-order valence-corrected chi connectivity index (χ1v) is 7.73. The van der Waals surface area contributed by atoms with Gasteiger partial charge in [0.1, 0.15) is 6.04 Å². The minimum Gasteiger partial charge on any atom is -0.765 e. The Morgan fingerprint density at radius 2 is 1.61 bits per heavy atom. The smallest absolute Gasteiger partial charge is 0.272 e. The van der Waals surface area contributed by atoms with Crippen molar-refractivity contribution in [2.24, 2.45) is 0 Å². The van der Waals surface area contributed by atoms with E-state index in [1.54, 1.807) is 44.2 Å². The zero-order valence-electron chi connectivity index (χ0n) is 13.3. The van der Waals surface area contributed by atoms with Crippen LogP contribution in [0.25, 0.3) is 0 Å². The van der Waals surface area contributed by atoms with Crippen LogP contribution in [-0.4, -0.2) is 33.0 Å². The zero-order chi connectivity index (χ0) is 17.0. The first-order chi connectivity index (χ1) is 11.0. The van der Waals surface area contributed by atoms with Gasteiger partial charge < -0.3 is 5.21 Å². The zero-order valence-corrected chi connectivity index (χ0v) is 13.3. The number of benzene rings is 1. The third kappa shape index (κ3) is 3.25. The fraction of sp³-hybridized carbons (Fsp3) is 0.438. The standard InChI is InChI=1S/C16H20N3O4/c1-3-8-13(20)17-16(22)15(12-10-6-5-7-11-12)19(23)18(17)14(21)9-4-2/h5-7,10-11,15H,3-4,8-9H2,1-2H3/q-1. The Hall–Kier alpha value is -2.25. The molecule has 3 amide bonds. The van der Waals surface area contributed by atoms with Crippen LogP contribution in [0.4, 0.5) is 0 Å². The summed E-state index contributed by atoms with van der Waals surface area (Å²) in [7, 11) is 0. The molecule has 1 saturated heterocycles. The van der Waals surface area contributed by atoms with Crippen molar-refractivity contribution in [1.29, 1.82) is 0 Å². The molecule has 1 heterocycles. The van der Waals surface area contributed by atoms with E-state index < -0.39 is 23.8 Å². The molecule has 7 heteroatoms. The number of carbonyl (C=O) groups excluding carboxylic acids is 3. The van der Waals surface area contributed by atoms with Crippen molar-refractivity contribution >= 4 is 17.7 Å².